The van der Waals surface area contributed by atoms with E-state index in [0.29, 0.717) is 5.92 Å². The number of nitrogens with one attached hydrogen (secondary N) is 1. The molecule has 2 heterocycles. The third kappa shape index (κ3) is 2.58. The lowest BCUT2D eigenvalue weighted by Crippen LogP contribution is -2.30. The Bertz CT molecular complexity index is 569. The van der Waals surface area contributed by atoms with Crippen LogP contribution in [-0.4, -0.2) is 27.7 Å². The van der Waals surface area contributed by atoms with Crippen molar-refractivity contribution in [3.8, 4) is 0 Å². The molecule has 4 nitrogen and oxygen atoms in total. The second-order valence-corrected chi connectivity index (χ2v) is 6.19. The Morgan fingerprint density at radius 1 is 1.37 bits per heavy atom. The van der Waals surface area contributed by atoms with Crippen LogP contribution in [-0.2, 0) is 0 Å². The van der Waals surface area contributed by atoms with Gasteiger partial charge in [-0.25, -0.2) is 9.97 Å². The minimum absolute atomic E-state index is 0.163. The van der Waals surface area contributed by atoms with E-state index in [9.17, 15) is 5.11 Å². The van der Waals surface area contributed by atoms with Crippen LogP contribution in [0.1, 0.15) is 31.2 Å². The highest BCUT2D eigenvalue weighted by Gasteiger charge is 2.23. The van der Waals surface area contributed by atoms with Crippen LogP contribution in [0.4, 0.5) is 5.82 Å². The topological polar surface area (TPSA) is 58.0 Å². The fourth-order valence-electron chi connectivity index (χ4n) is 2.75. The lowest BCUT2D eigenvalue weighted by atomic mass is 9.86. The molecule has 2 aromatic heterocycles. The van der Waals surface area contributed by atoms with E-state index in [-0.39, 0.29) is 6.10 Å². The number of hydrogen-bond acceptors (Lipinski definition) is 5. The molecule has 5 heteroatoms. The summed E-state index contributed by atoms with van der Waals surface area (Å²) < 4.78 is 1.12. The van der Waals surface area contributed by atoms with Crippen LogP contribution < -0.4 is 5.32 Å². The average Bonchev–Trinajstić information content (AvgIpc) is 2.81. The van der Waals surface area contributed by atoms with Crippen LogP contribution in [0.3, 0.4) is 0 Å². The first-order chi connectivity index (χ1) is 9.25. The predicted molar refractivity (Wildman–Crippen MR) is 78.6 cm³/mol. The average molecular weight is 277 g/mol. The van der Waals surface area contributed by atoms with E-state index in [2.05, 4.69) is 27.6 Å². The fraction of sp³-hybridized carbons (Fsp3) is 0.571. The van der Waals surface area contributed by atoms with Gasteiger partial charge in [0.2, 0.25) is 0 Å². The number of rotatable bonds is 3. The smallest absolute Gasteiger partial charge is 0.147 e. The highest BCUT2D eigenvalue weighted by molar-refractivity contribution is 7.18. The Kier molecular flexibility index (Phi) is 3.66. The maximum absolute atomic E-state index is 9.99. The SMILES string of the molecule is Cc1csc2c(NCC3CCCCC3O)ncnc12. The lowest BCUT2D eigenvalue weighted by molar-refractivity contribution is 0.0763. The van der Waals surface area contributed by atoms with Crippen LogP contribution >= 0.6 is 11.3 Å². The van der Waals surface area contributed by atoms with Crippen molar-refractivity contribution in [1.29, 1.82) is 0 Å². The number of aliphatic hydroxyl groups is 1. The summed E-state index contributed by atoms with van der Waals surface area (Å²) >= 11 is 1.68. The number of aliphatic hydroxyl groups excluding tert-OH is 1. The summed E-state index contributed by atoms with van der Waals surface area (Å²) in [5, 5.41) is 15.5. The van der Waals surface area contributed by atoms with E-state index in [1.54, 1.807) is 17.7 Å². The van der Waals surface area contributed by atoms with E-state index >= 15 is 0 Å². The predicted octanol–water partition coefficient (Wildman–Crippen LogP) is 2.96. The summed E-state index contributed by atoms with van der Waals surface area (Å²) in [4.78, 5) is 8.66. The maximum Gasteiger partial charge on any atom is 0.147 e. The second kappa shape index (κ2) is 5.43. The van der Waals surface area contributed by atoms with E-state index < -0.39 is 0 Å². The molecule has 102 valence electrons. The van der Waals surface area contributed by atoms with Crippen molar-refractivity contribution < 1.29 is 5.11 Å². The van der Waals surface area contributed by atoms with Gasteiger partial charge in [-0.1, -0.05) is 12.8 Å². The monoisotopic (exact) mass is 277 g/mol. The molecular formula is C14H19N3OS. The summed E-state index contributed by atoms with van der Waals surface area (Å²) in [6.45, 7) is 2.87. The van der Waals surface area contributed by atoms with Crippen LogP contribution in [0.5, 0.6) is 0 Å². The Hall–Kier alpha value is -1.20. The van der Waals surface area contributed by atoms with Gasteiger partial charge in [-0.05, 0) is 30.7 Å². The summed E-state index contributed by atoms with van der Waals surface area (Å²) in [6.07, 6.45) is 5.86. The van der Waals surface area contributed by atoms with Gasteiger partial charge in [-0.2, -0.15) is 0 Å². The molecule has 1 saturated carbocycles. The molecule has 19 heavy (non-hydrogen) atoms. The van der Waals surface area contributed by atoms with Crippen molar-refractivity contribution in [3.63, 3.8) is 0 Å². The van der Waals surface area contributed by atoms with E-state index in [4.69, 9.17) is 0 Å². The van der Waals surface area contributed by atoms with Crippen LogP contribution in [0.15, 0.2) is 11.7 Å². The third-order valence-electron chi connectivity index (χ3n) is 3.93. The number of aromatic nitrogens is 2. The van der Waals surface area contributed by atoms with Gasteiger partial charge in [-0.15, -0.1) is 11.3 Å². The first kappa shape index (κ1) is 12.8. The highest BCUT2D eigenvalue weighted by atomic mass is 32.1. The molecule has 0 bridgehead atoms. The molecule has 1 aliphatic carbocycles. The molecule has 2 atom stereocenters. The molecule has 0 aromatic carbocycles. The van der Waals surface area contributed by atoms with Crippen molar-refractivity contribution in [2.45, 2.75) is 38.7 Å². The number of fused-ring (bicyclic) bond motifs is 1. The van der Waals surface area contributed by atoms with Crippen LogP contribution in [0.25, 0.3) is 10.2 Å². The highest BCUT2D eigenvalue weighted by Crippen LogP contribution is 2.30. The number of hydrogen-bond donors (Lipinski definition) is 2. The maximum atomic E-state index is 9.99. The van der Waals surface area contributed by atoms with Gasteiger partial charge >= 0.3 is 0 Å². The van der Waals surface area contributed by atoms with Gasteiger partial charge in [0.1, 0.15) is 12.1 Å². The minimum Gasteiger partial charge on any atom is -0.393 e. The molecule has 0 aliphatic heterocycles. The summed E-state index contributed by atoms with van der Waals surface area (Å²) in [5.74, 6) is 1.25. The van der Waals surface area contributed by atoms with Gasteiger partial charge in [-0.3, -0.25) is 0 Å². The van der Waals surface area contributed by atoms with E-state index in [1.807, 2.05) is 0 Å². The molecular weight excluding hydrogens is 258 g/mol. The molecule has 0 saturated heterocycles. The van der Waals surface area contributed by atoms with Crippen molar-refractivity contribution in [3.05, 3.63) is 17.3 Å². The third-order valence-corrected chi connectivity index (χ3v) is 5.03. The van der Waals surface area contributed by atoms with Gasteiger partial charge < -0.3 is 10.4 Å². The summed E-state index contributed by atoms with van der Waals surface area (Å²) in [6, 6.07) is 0. The normalized spacial score (nSPS) is 23.7. The number of nitrogens with zero attached hydrogens (tertiary/aromatic N) is 2. The van der Waals surface area contributed by atoms with Crippen molar-refractivity contribution in [2.24, 2.45) is 5.92 Å². The molecule has 0 amide bonds. The molecule has 2 N–H and O–H groups in total. The molecule has 2 aromatic rings. The van der Waals surface area contributed by atoms with Gasteiger partial charge in [0.05, 0.1) is 16.3 Å². The van der Waals surface area contributed by atoms with Crippen molar-refractivity contribution in [1.82, 2.24) is 9.97 Å². The zero-order chi connectivity index (χ0) is 13.2. The fourth-order valence-corrected chi connectivity index (χ4v) is 3.72. The Morgan fingerprint density at radius 3 is 3.05 bits per heavy atom. The first-order valence-corrected chi connectivity index (χ1v) is 7.74. The van der Waals surface area contributed by atoms with Crippen LogP contribution in [0.2, 0.25) is 0 Å². The number of aryl methyl sites for hydroxylation is 1. The standard InChI is InChI=1S/C14H19N3OS/c1-9-7-19-13-12(9)16-8-17-14(13)15-6-10-4-2-3-5-11(10)18/h7-8,10-11,18H,2-6H2,1H3,(H,15,16,17). The van der Waals surface area contributed by atoms with Crippen molar-refractivity contribution in [2.75, 3.05) is 11.9 Å². The molecule has 1 fully saturated rings. The molecule has 1 aliphatic rings. The quantitative estimate of drug-likeness (QED) is 0.905. The molecule has 0 radical (unpaired) electrons. The lowest BCUT2D eigenvalue weighted by Gasteiger charge is -2.27. The minimum atomic E-state index is -0.163. The van der Waals surface area contributed by atoms with E-state index in [1.165, 1.54) is 12.0 Å². The molecule has 2 unspecified atom stereocenters. The Labute approximate surface area is 116 Å². The van der Waals surface area contributed by atoms with Crippen LogP contribution in [0, 0.1) is 12.8 Å². The van der Waals surface area contributed by atoms with Crippen molar-refractivity contribution >= 4 is 27.4 Å². The molecule has 3 rings (SSSR count). The Balaban J connectivity index is 1.74. The second-order valence-electron chi connectivity index (χ2n) is 5.31. The van der Waals surface area contributed by atoms with E-state index in [0.717, 1.165) is 41.8 Å². The van der Waals surface area contributed by atoms with Gasteiger partial charge in [0.15, 0.2) is 0 Å². The van der Waals surface area contributed by atoms with Gasteiger partial charge in [0, 0.05) is 12.5 Å². The zero-order valence-corrected chi connectivity index (χ0v) is 11.9. The largest absolute Gasteiger partial charge is 0.393 e. The van der Waals surface area contributed by atoms with Gasteiger partial charge in [0.25, 0.3) is 0 Å². The summed E-state index contributed by atoms with van der Waals surface area (Å²) in [5.41, 5.74) is 2.23. The number of anilines is 1. The zero-order valence-electron chi connectivity index (χ0n) is 11.1. The molecule has 0 spiro atoms. The summed E-state index contributed by atoms with van der Waals surface area (Å²) in [7, 11) is 0. The Morgan fingerprint density at radius 2 is 2.21 bits per heavy atom. The first-order valence-electron chi connectivity index (χ1n) is 6.86. The number of thiophene rings is 1.